The minimum atomic E-state index is 0.188. The van der Waals surface area contributed by atoms with Gasteiger partial charge in [-0.1, -0.05) is 25.0 Å². The highest BCUT2D eigenvalue weighted by molar-refractivity contribution is 7.27. The second kappa shape index (κ2) is 4.10. The molecule has 1 rings (SSSR count). The van der Waals surface area contributed by atoms with Crippen LogP contribution in [0.3, 0.4) is 0 Å². The SMILES string of the molecule is BC(B)(B)c1cnc(C(C)C)c(P)c1. The summed E-state index contributed by atoms with van der Waals surface area (Å²) in [4.78, 5) is 4.52. The molecular weight excluding hydrogens is 186 g/mol. The molecule has 1 unspecified atom stereocenters. The van der Waals surface area contributed by atoms with Gasteiger partial charge in [0.2, 0.25) is 0 Å². The van der Waals surface area contributed by atoms with Crippen LogP contribution in [0.25, 0.3) is 0 Å². The van der Waals surface area contributed by atoms with Crippen LogP contribution in [0.2, 0.25) is 0 Å². The lowest BCUT2D eigenvalue weighted by Gasteiger charge is -2.20. The van der Waals surface area contributed by atoms with E-state index < -0.39 is 0 Å². The number of rotatable bonds is 2. The van der Waals surface area contributed by atoms with Gasteiger partial charge in [-0.2, -0.15) is 0 Å². The van der Waals surface area contributed by atoms with Crippen molar-refractivity contribution in [3.63, 3.8) is 0 Å². The topological polar surface area (TPSA) is 12.9 Å². The van der Waals surface area contributed by atoms with Crippen molar-refractivity contribution in [2.45, 2.75) is 24.9 Å². The average molecular weight is 203 g/mol. The molecule has 0 saturated carbocycles. The van der Waals surface area contributed by atoms with Gasteiger partial charge in [-0.15, -0.1) is 9.24 Å². The summed E-state index contributed by atoms with van der Waals surface area (Å²) in [6.45, 7) is 4.35. The summed E-state index contributed by atoms with van der Waals surface area (Å²) in [5.74, 6) is 0.497. The van der Waals surface area contributed by atoms with Gasteiger partial charge < -0.3 is 0 Å². The Morgan fingerprint density at radius 3 is 2.29 bits per heavy atom. The van der Waals surface area contributed by atoms with Crippen LogP contribution in [-0.2, 0) is 5.11 Å². The van der Waals surface area contributed by atoms with Crippen LogP contribution in [0.1, 0.15) is 31.0 Å². The summed E-state index contributed by atoms with van der Waals surface area (Å²) < 4.78 is 0. The molecule has 0 amide bonds. The highest BCUT2D eigenvalue weighted by Gasteiger charge is 2.16. The smallest absolute Gasteiger partial charge is 0.0955 e. The molecule has 0 aromatic carbocycles. The van der Waals surface area contributed by atoms with E-state index in [1.807, 2.05) is 6.20 Å². The molecule has 0 radical (unpaired) electrons. The van der Waals surface area contributed by atoms with Crippen molar-refractivity contribution in [2.24, 2.45) is 0 Å². The van der Waals surface area contributed by atoms with E-state index in [4.69, 9.17) is 0 Å². The van der Waals surface area contributed by atoms with E-state index in [0.29, 0.717) is 5.92 Å². The Labute approximate surface area is 91.9 Å². The minimum absolute atomic E-state index is 0.188. The minimum Gasteiger partial charge on any atom is -0.260 e. The van der Waals surface area contributed by atoms with Crippen LogP contribution in [0, 0.1) is 0 Å². The summed E-state index contributed by atoms with van der Waals surface area (Å²) in [5, 5.41) is 1.42. The maximum Gasteiger partial charge on any atom is 0.0955 e. The van der Waals surface area contributed by atoms with E-state index in [1.165, 1.54) is 16.6 Å². The second-order valence-electron chi connectivity index (χ2n) is 5.10. The first-order valence-electron chi connectivity index (χ1n) is 5.08. The molecule has 0 spiro atoms. The summed E-state index contributed by atoms with van der Waals surface area (Å²) in [5.41, 5.74) is 2.48. The van der Waals surface area contributed by atoms with E-state index in [-0.39, 0.29) is 5.11 Å². The van der Waals surface area contributed by atoms with Crippen LogP contribution in [0.4, 0.5) is 0 Å². The number of pyridine rings is 1. The summed E-state index contributed by atoms with van der Waals surface area (Å²) in [6.07, 6.45) is 2.00. The lowest BCUT2D eigenvalue weighted by Crippen LogP contribution is -2.28. The lowest BCUT2D eigenvalue weighted by atomic mass is 9.40. The highest BCUT2D eigenvalue weighted by Crippen LogP contribution is 2.16. The van der Waals surface area contributed by atoms with E-state index in [0.717, 1.165) is 0 Å². The third-order valence-corrected chi connectivity index (χ3v) is 2.82. The van der Waals surface area contributed by atoms with Gasteiger partial charge in [-0.05, 0) is 16.8 Å². The maximum atomic E-state index is 4.52. The van der Waals surface area contributed by atoms with Gasteiger partial charge in [0.15, 0.2) is 0 Å². The van der Waals surface area contributed by atoms with Crippen molar-refractivity contribution in [3.8, 4) is 0 Å². The third-order valence-electron chi connectivity index (χ3n) is 2.36. The molecule has 0 aliphatic heterocycles. The predicted octanol–water partition coefficient (Wildman–Crippen LogP) is -1.29. The van der Waals surface area contributed by atoms with Gasteiger partial charge in [0.05, 0.1) is 29.2 Å². The Balaban J connectivity index is 3.13. The second-order valence-corrected chi connectivity index (χ2v) is 5.73. The fourth-order valence-electron chi connectivity index (χ4n) is 1.38. The Morgan fingerprint density at radius 1 is 1.36 bits per heavy atom. The number of nitrogens with zero attached hydrogens (tertiary/aromatic N) is 1. The molecule has 1 aromatic rings. The molecule has 1 nitrogen and oxygen atoms in total. The Morgan fingerprint density at radius 2 is 1.93 bits per heavy atom. The van der Waals surface area contributed by atoms with Crippen LogP contribution in [0.15, 0.2) is 12.3 Å². The van der Waals surface area contributed by atoms with Gasteiger partial charge in [0.25, 0.3) is 0 Å². The first-order chi connectivity index (χ1) is 6.32. The monoisotopic (exact) mass is 203 g/mol. The van der Waals surface area contributed by atoms with Crippen LogP contribution in [0.5, 0.6) is 0 Å². The van der Waals surface area contributed by atoms with Gasteiger partial charge >= 0.3 is 0 Å². The number of hydrogen-bond donors (Lipinski definition) is 0. The normalized spacial score (nSPS) is 12.0. The predicted molar refractivity (Wildman–Crippen MR) is 75.0 cm³/mol. The molecule has 0 aliphatic rings. The third kappa shape index (κ3) is 2.64. The summed E-state index contributed by atoms with van der Waals surface area (Å²) >= 11 is 0. The first-order valence-corrected chi connectivity index (χ1v) is 5.66. The molecular formula is C9H17B3NP. The standard InChI is InChI=1S/C9H17B3NP/c1-5(2)8-7(14)3-6(4-13-8)9(10,11)12/h3-5H,10-12,14H2,1-2H3. The largest absolute Gasteiger partial charge is 0.260 e. The van der Waals surface area contributed by atoms with Crippen molar-refractivity contribution in [2.75, 3.05) is 0 Å². The van der Waals surface area contributed by atoms with Gasteiger partial charge in [-0.25, -0.2) is 0 Å². The van der Waals surface area contributed by atoms with Gasteiger partial charge in [0.1, 0.15) is 0 Å². The quantitative estimate of drug-likeness (QED) is 0.430. The molecule has 0 saturated heterocycles. The molecule has 5 heteroatoms. The number of aromatic nitrogens is 1. The Hall–Kier alpha value is -0.225. The molecule has 1 heterocycles. The molecule has 0 N–H and O–H groups in total. The molecule has 0 bridgehead atoms. The Kier molecular flexibility index (Phi) is 3.47. The maximum absolute atomic E-state index is 4.52. The molecule has 1 atom stereocenters. The average Bonchev–Trinajstić information content (AvgIpc) is 2.01. The zero-order chi connectivity index (χ0) is 10.9. The van der Waals surface area contributed by atoms with Crippen LogP contribution in [-0.4, -0.2) is 28.5 Å². The van der Waals surface area contributed by atoms with E-state index in [9.17, 15) is 0 Å². The lowest BCUT2D eigenvalue weighted by molar-refractivity contribution is 0.828. The van der Waals surface area contributed by atoms with Crippen molar-refractivity contribution in [1.29, 1.82) is 0 Å². The fraction of sp³-hybridized carbons (Fsp3) is 0.444. The van der Waals surface area contributed by atoms with Crippen molar-refractivity contribution >= 4 is 38.1 Å². The first kappa shape index (κ1) is 11.8. The Bertz CT molecular complexity index is 333. The molecule has 0 fully saturated rings. The zero-order valence-electron chi connectivity index (χ0n) is 9.76. The van der Waals surface area contributed by atoms with Crippen molar-refractivity contribution < 1.29 is 0 Å². The molecule has 0 aliphatic carbocycles. The number of hydrogen-bond acceptors (Lipinski definition) is 1. The molecule has 1 aromatic heterocycles. The van der Waals surface area contributed by atoms with E-state index >= 15 is 0 Å². The van der Waals surface area contributed by atoms with E-state index in [2.05, 4.69) is 57.7 Å². The van der Waals surface area contributed by atoms with Crippen LogP contribution >= 0.6 is 9.24 Å². The highest BCUT2D eigenvalue weighted by atomic mass is 31.0. The van der Waals surface area contributed by atoms with Crippen LogP contribution < -0.4 is 5.30 Å². The fourth-order valence-corrected chi connectivity index (χ4v) is 1.97. The zero-order valence-corrected chi connectivity index (χ0v) is 10.9. The summed E-state index contributed by atoms with van der Waals surface area (Å²) in [7, 11) is 9.42. The van der Waals surface area contributed by atoms with Gasteiger partial charge in [0, 0.05) is 6.20 Å². The van der Waals surface area contributed by atoms with Gasteiger partial charge in [-0.3, -0.25) is 4.98 Å². The van der Waals surface area contributed by atoms with Crippen molar-refractivity contribution in [3.05, 3.63) is 23.5 Å². The van der Waals surface area contributed by atoms with E-state index in [1.54, 1.807) is 0 Å². The summed E-state index contributed by atoms with van der Waals surface area (Å²) in [6, 6.07) is 2.23. The van der Waals surface area contributed by atoms with Crippen molar-refractivity contribution in [1.82, 2.24) is 4.98 Å². The molecule has 14 heavy (non-hydrogen) atoms. The molecule has 72 valence electrons.